The molecular formula is C28H32ClN3O5S. The van der Waals surface area contributed by atoms with Crippen molar-refractivity contribution in [3.8, 4) is 5.75 Å². The third-order valence-electron chi connectivity index (χ3n) is 5.83. The Kier molecular flexibility index (Phi) is 10.2. The first-order valence-corrected chi connectivity index (χ1v) is 14.1. The van der Waals surface area contributed by atoms with E-state index in [1.54, 1.807) is 87.5 Å². The number of rotatable bonds is 12. The van der Waals surface area contributed by atoms with Gasteiger partial charge in [0, 0.05) is 18.1 Å². The summed E-state index contributed by atoms with van der Waals surface area (Å²) in [5, 5.41) is 3.27. The van der Waals surface area contributed by atoms with Crippen LogP contribution in [0.15, 0.2) is 83.8 Å². The number of anilines is 1. The molecule has 3 aromatic carbocycles. The molecule has 1 atom stereocenters. The maximum Gasteiger partial charge on any atom is 0.264 e. The maximum atomic E-state index is 13.9. The number of nitrogens with one attached hydrogen (secondary N) is 1. The Balaban J connectivity index is 2.06. The summed E-state index contributed by atoms with van der Waals surface area (Å²) >= 11 is 6.02. The van der Waals surface area contributed by atoms with Gasteiger partial charge in [-0.05, 0) is 62.7 Å². The van der Waals surface area contributed by atoms with Gasteiger partial charge in [0.1, 0.15) is 18.3 Å². The monoisotopic (exact) mass is 557 g/mol. The molecule has 0 bridgehead atoms. The summed E-state index contributed by atoms with van der Waals surface area (Å²) in [6.45, 7) is 5.43. The van der Waals surface area contributed by atoms with E-state index in [1.165, 1.54) is 17.0 Å². The van der Waals surface area contributed by atoms with Crippen LogP contribution >= 0.6 is 11.6 Å². The van der Waals surface area contributed by atoms with Crippen LogP contribution in [-0.2, 0) is 26.2 Å². The Morgan fingerprint density at radius 2 is 1.58 bits per heavy atom. The van der Waals surface area contributed by atoms with Crippen LogP contribution in [0.3, 0.4) is 0 Å². The van der Waals surface area contributed by atoms with E-state index in [1.807, 2.05) is 0 Å². The Morgan fingerprint density at radius 3 is 2.21 bits per heavy atom. The molecule has 2 amide bonds. The number of amides is 2. The average molecular weight is 558 g/mol. The summed E-state index contributed by atoms with van der Waals surface area (Å²) < 4.78 is 34.5. The standard InChI is InChI=1S/C28H32ClN3O5S/c1-4-30-28(34)21(3)31(19-22-15-17-23(29)18-16-22)27(33)20-32(25-13-9-10-14-26(25)37-5-2)38(35,36)24-11-7-6-8-12-24/h6-18,21H,4-5,19-20H2,1-3H3,(H,30,34). The second-order valence-electron chi connectivity index (χ2n) is 8.44. The van der Waals surface area contributed by atoms with Crippen LogP contribution in [0.25, 0.3) is 0 Å². The molecule has 202 valence electrons. The molecule has 1 N–H and O–H groups in total. The number of para-hydroxylation sites is 2. The SMILES string of the molecule is CCNC(=O)C(C)N(Cc1ccc(Cl)cc1)C(=O)CN(c1ccccc1OCC)S(=O)(=O)c1ccccc1. The number of hydrogen-bond donors (Lipinski definition) is 1. The molecular weight excluding hydrogens is 526 g/mol. The van der Waals surface area contributed by atoms with Gasteiger partial charge in [0.25, 0.3) is 10.0 Å². The molecule has 0 aromatic heterocycles. The van der Waals surface area contributed by atoms with Crippen molar-refractivity contribution in [1.82, 2.24) is 10.2 Å². The van der Waals surface area contributed by atoms with Gasteiger partial charge < -0.3 is 15.0 Å². The number of carbonyl (C=O) groups excluding carboxylic acids is 2. The fourth-order valence-corrected chi connectivity index (χ4v) is 5.44. The molecule has 3 aromatic rings. The molecule has 0 radical (unpaired) electrons. The van der Waals surface area contributed by atoms with Crippen molar-refractivity contribution >= 4 is 39.1 Å². The summed E-state index contributed by atoms with van der Waals surface area (Å²) in [5.41, 5.74) is 0.967. The second-order valence-corrected chi connectivity index (χ2v) is 10.7. The highest BCUT2D eigenvalue weighted by Crippen LogP contribution is 2.32. The van der Waals surface area contributed by atoms with Gasteiger partial charge in [-0.1, -0.05) is 54.1 Å². The van der Waals surface area contributed by atoms with Crippen molar-refractivity contribution in [2.24, 2.45) is 0 Å². The first kappa shape index (κ1) is 29.0. The number of halogens is 1. The third kappa shape index (κ3) is 7.05. The van der Waals surface area contributed by atoms with Crippen LogP contribution in [0.4, 0.5) is 5.69 Å². The van der Waals surface area contributed by atoms with E-state index in [9.17, 15) is 18.0 Å². The van der Waals surface area contributed by atoms with Gasteiger partial charge >= 0.3 is 0 Å². The molecule has 3 rings (SSSR count). The first-order chi connectivity index (χ1) is 18.2. The number of nitrogens with zero attached hydrogens (tertiary/aromatic N) is 2. The van der Waals surface area contributed by atoms with Crippen LogP contribution in [0, 0.1) is 0 Å². The highest BCUT2D eigenvalue weighted by atomic mass is 35.5. The molecule has 10 heteroatoms. The first-order valence-electron chi connectivity index (χ1n) is 12.3. The van der Waals surface area contributed by atoms with E-state index < -0.39 is 28.5 Å². The second kappa shape index (κ2) is 13.3. The quantitative estimate of drug-likeness (QED) is 0.354. The molecule has 0 aliphatic rings. The Bertz CT molecular complexity index is 1330. The van der Waals surface area contributed by atoms with Gasteiger partial charge in [-0.2, -0.15) is 0 Å². The van der Waals surface area contributed by atoms with Crippen LogP contribution in [0.5, 0.6) is 5.75 Å². The molecule has 0 aliphatic heterocycles. The zero-order valence-electron chi connectivity index (χ0n) is 21.6. The minimum absolute atomic E-state index is 0.0279. The summed E-state index contributed by atoms with van der Waals surface area (Å²) in [6, 6.07) is 20.6. The average Bonchev–Trinajstić information content (AvgIpc) is 2.92. The normalized spacial score (nSPS) is 11.9. The van der Waals surface area contributed by atoms with E-state index in [4.69, 9.17) is 16.3 Å². The maximum absolute atomic E-state index is 13.9. The third-order valence-corrected chi connectivity index (χ3v) is 7.85. The van der Waals surface area contributed by atoms with Gasteiger partial charge in [-0.15, -0.1) is 0 Å². The predicted molar refractivity (Wildman–Crippen MR) is 149 cm³/mol. The van der Waals surface area contributed by atoms with E-state index in [0.717, 1.165) is 9.87 Å². The summed E-state index contributed by atoms with van der Waals surface area (Å²) in [5.74, 6) is -0.574. The summed E-state index contributed by atoms with van der Waals surface area (Å²) in [7, 11) is -4.17. The molecule has 0 heterocycles. The number of sulfonamides is 1. The van der Waals surface area contributed by atoms with Gasteiger partial charge in [-0.3, -0.25) is 13.9 Å². The summed E-state index contributed by atoms with van der Waals surface area (Å²) in [6.07, 6.45) is 0. The zero-order valence-corrected chi connectivity index (χ0v) is 23.2. The Labute approximate surface area is 229 Å². The number of likely N-dealkylation sites (N-methyl/N-ethyl adjacent to an activating group) is 1. The van der Waals surface area contributed by atoms with Crippen LogP contribution in [0.2, 0.25) is 5.02 Å². The zero-order chi connectivity index (χ0) is 27.7. The molecule has 38 heavy (non-hydrogen) atoms. The van der Waals surface area contributed by atoms with E-state index in [0.29, 0.717) is 23.9 Å². The smallest absolute Gasteiger partial charge is 0.264 e. The fourth-order valence-electron chi connectivity index (χ4n) is 3.86. The number of hydrogen-bond acceptors (Lipinski definition) is 5. The van der Waals surface area contributed by atoms with Crippen molar-refractivity contribution in [1.29, 1.82) is 0 Å². The summed E-state index contributed by atoms with van der Waals surface area (Å²) in [4.78, 5) is 28.0. The number of carbonyl (C=O) groups is 2. The van der Waals surface area contributed by atoms with Crippen LogP contribution < -0.4 is 14.4 Å². The Hall–Kier alpha value is -3.56. The van der Waals surface area contributed by atoms with Crippen LogP contribution in [-0.4, -0.2) is 50.9 Å². The van der Waals surface area contributed by atoms with Gasteiger partial charge in [0.05, 0.1) is 17.2 Å². The van der Waals surface area contributed by atoms with Gasteiger partial charge in [0.15, 0.2) is 0 Å². The predicted octanol–water partition coefficient (Wildman–Crippen LogP) is 4.49. The van der Waals surface area contributed by atoms with E-state index in [2.05, 4.69) is 5.32 Å². The van der Waals surface area contributed by atoms with Crippen molar-refractivity contribution < 1.29 is 22.7 Å². The van der Waals surface area contributed by atoms with Gasteiger partial charge in [0.2, 0.25) is 11.8 Å². The fraction of sp³-hybridized carbons (Fsp3) is 0.286. The minimum Gasteiger partial charge on any atom is -0.492 e. The lowest BCUT2D eigenvalue weighted by molar-refractivity contribution is -0.139. The largest absolute Gasteiger partial charge is 0.492 e. The molecule has 1 unspecified atom stereocenters. The number of benzene rings is 3. The topological polar surface area (TPSA) is 96.0 Å². The van der Waals surface area contributed by atoms with E-state index in [-0.39, 0.29) is 23.0 Å². The highest BCUT2D eigenvalue weighted by Gasteiger charge is 2.33. The lowest BCUT2D eigenvalue weighted by Crippen LogP contribution is -2.51. The van der Waals surface area contributed by atoms with Crippen molar-refractivity contribution in [2.45, 2.75) is 38.3 Å². The van der Waals surface area contributed by atoms with Gasteiger partial charge in [-0.25, -0.2) is 8.42 Å². The molecule has 0 spiro atoms. The molecule has 0 saturated heterocycles. The van der Waals surface area contributed by atoms with Crippen molar-refractivity contribution in [3.05, 3.63) is 89.4 Å². The Morgan fingerprint density at radius 1 is 0.947 bits per heavy atom. The highest BCUT2D eigenvalue weighted by molar-refractivity contribution is 7.92. The molecule has 0 saturated carbocycles. The molecule has 8 nitrogen and oxygen atoms in total. The van der Waals surface area contributed by atoms with E-state index >= 15 is 0 Å². The van der Waals surface area contributed by atoms with Crippen LogP contribution in [0.1, 0.15) is 26.3 Å². The van der Waals surface area contributed by atoms with Crippen molar-refractivity contribution in [3.63, 3.8) is 0 Å². The molecule has 0 aliphatic carbocycles. The lowest BCUT2D eigenvalue weighted by atomic mass is 10.1. The molecule has 0 fully saturated rings. The van der Waals surface area contributed by atoms with Crippen molar-refractivity contribution in [2.75, 3.05) is 24.0 Å². The minimum atomic E-state index is -4.17. The lowest BCUT2D eigenvalue weighted by Gasteiger charge is -2.32. The number of ether oxygens (including phenoxy) is 1.